The normalized spacial score (nSPS) is 11.9. The fraction of sp³-hybridized carbons (Fsp3) is 0.545. The minimum absolute atomic E-state index is 1.04. The van der Waals surface area contributed by atoms with Crippen LogP contribution in [0, 0.1) is 0 Å². The maximum atomic E-state index is 4.08. The van der Waals surface area contributed by atoms with E-state index in [4.69, 9.17) is 0 Å². The molecule has 70 valence electrons. The number of hydrogen-bond donors (Lipinski definition) is 0. The molecule has 0 bridgehead atoms. The van der Waals surface area contributed by atoms with Crippen LogP contribution in [0.3, 0.4) is 0 Å². The van der Waals surface area contributed by atoms with Crippen LogP contribution in [0.15, 0.2) is 29.4 Å². The van der Waals surface area contributed by atoms with Gasteiger partial charge in [0.15, 0.2) is 0 Å². The molecule has 0 atom stereocenters. The van der Waals surface area contributed by atoms with E-state index >= 15 is 0 Å². The van der Waals surface area contributed by atoms with Gasteiger partial charge in [-0.25, -0.2) is 0 Å². The van der Waals surface area contributed by atoms with Gasteiger partial charge in [-0.3, -0.25) is 4.99 Å². The number of allylic oxidation sites excluding steroid dienone is 3. The van der Waals surface area contributed by atoms with E-state index in [2.05, 4.69) is 18.8 Å². The Kier molecular flexibility index (Phi) is 14.6. The lowest BCUT2D eigenvalue weighted by Gasteiger charge is -1.83. The molecule has 0 radical (unpaired) electrons. The Morgan fingerprint density at radius 3 is 2.00 bits per heavy atom. The van der Waals surface area contributed by atoms with Gasteiger partial charge in [0.2, 0.25) is 0 Å². The van der Waals surface area contributed by atoms with Crippen LogP contribution in [-0.4, -0.2) is 5.71 Å². The Labute approximate surface area is 76.9 Å². The topological polar surface area (TPSA) is 12.4 Å². The third-order valence-corrected chi connectivity index (χ3v) is 0.835. The van der Waals surface area contributed by atoms with Crippen molar-refractivity contribution in [2.45, 2.75) is 41.0 Å². The van der Waals surface area contributed by atoms with Gasteiger partial charge in [0.1, 0.15) is 0 Å². The van der Waals surface area contributed by atoms with Crippen molar-refractivity contribution in [2.75, 3.05) is 0 Å². The smallest absolute Gasteiger partial charge is 0.0369 e. The zero-order valence-electron chi connectivity index (χ0n) is 8.96. The van der Waals surface area contributed by atoms with E-state index in [9.17, 15) is 0 Å². The molecule has 0 N–H and O–H groups in total. The largest absolute Gasteiger partial charge is 0.262 e. The summed E-state index contributed by atoms with van der Waals surface area (Å²) in [6, 6.07) is 0. The first-order valence-electron chi connectivity index (χ1n) is 4.51. The van der Waals surface area contributed by atoms with Crippen molar-refractivity contribution in [3.8, 4) is 0 Å². The van der Waals surface area contributed by atoms with E-state index in [0.717, 1.165) is 5.71 Å². The van der Waals surface area contributed by atoms with E-state index in [1.54, 1.807) is 6.20 Å². The first-order chi connectivity index (χ1) is 5.72. The highest BCUT2D eigenvalue weighted by Crippen LogP contribution is 1.82. The van der Waals surface area contributed by atoms with Crippen molar-refractivity contribution in [3.05, 3.63) is 24.4 Å². The molecule has 0 fully saturated rings. The van der Waals surface area contributed by atoms with Gasteiger partial charge >= 0.3 is 0 Å². The van der Waals surface area contributed by atoms with Gasteiger partial charge in [-0.1, -0.05) is 32.4 Å². The fourth-order valence-corrected chi connectivity index (χ4v) is 0.476. The maximum absolute atomic E-state index is 4.08. The van der Waals surface area contributed by atoms with Gasteiger partial charge in [0.25, 0.3) is 0 Å². The zero-order chi connectivity index (χ0) is 9.82. The predicted molar refractivity (Wildman–Crippen MR) is 58.7 cm³/mol. The zero-order valence-corrected chi connectivity index (χ0v) is 8.96. The SMILES string of the molecule is CCC.C\C=C/N=C(C)\C=C/C. The van der Waals surface area contributed by atoms with Gasteiger partial charge in [-0.15, -0.1) is 0 Å². The highest BCUT2D eigenvalue weighted by atomic mass is 14.7. The van der Waals surface area contributed by atoms with Crippen LogP contribution in [0.25, 0.3) is 0 Å². The Balaban J connectivity index is 0. The van der Waals surface area contributed by atoms with Gasteiger partial charge in [0.05, 0.1) is 0 Å². The summed E-state index contributed by atoms with van der Waals surface area (Å²) in [6.45, 7) is 10.2. The summed E-state index contributed by atoms with van der Waals surface area (Å²) in [6.07, 6.45) is 8.89. The van der Waals surface area contributed by atoms with Gasteiger partial charge in [-0.05, 0) is 26.8 Å². The van der Waals surface area contributed by atoms with Gasteiger partial charge < -0.3 is 0 Å². The summed E-state index contributed by atoms with van der Waals surface area (Å²) >= 11 is 0. The van der Waals surface area contributed by atoms with E-state index in [-0.39, 0.29) is 0 Å². The minimum Gasteiger partial charge on any atom is -0.262 e. The molecule has 0 aliphatic rings. The lowest BCUT2D eigenvalue weighted by atomic mass is 10.4. The third-order valence-electron chi connectivity index (χ3n) is 0.835. The van der Waals surface area contributed by atoms with Gasteiger partial charge in [0, 0.05) is 11.9 Å². The maximum Gasteiger partial charge on any atom is 0.0369 e. The average molecular weight is 167 g/mol. The minimum atomic E-state index is 1.04. The molecule has 0 saturated carbocycles. The Bertz CT molecular complexity index is 152. The molecule has 1 heteroatoms. The molecule has 0 aliphatic carbocycles. The second kappa shape index (κ2) is 12.8. The molecule has 0 aromatic rings. The van der Waals surface area contributed by atoms with Crippen LogP contribution in [0.5, 0.6) is 0 Å². The van der Waals surface area contributed by atoms with Crippen LogP contribution in [0.2, 0.25) is 0 Å². The number of hydrogen-bond acceptors (Lipinski definition) is 1. The van der Waals surface area contributed by atoms with Gasteiger partial charge in [-0.2, -0.15) is 0 Å². The van der Waals surface area contributed by atoms with Crippen LogP contribution < -0.4 is 0 Å². The van der Waals surface area contributed by atoms with Crippen LogP contribution in [-0.2, 0) is 0 Å². The monoisotopic (exact) mass is 167 g/mol. The highest BCUT2D eigenvalue weighted by molar-refractivity contribution is 5.93. The lowest BCUT2D eigenvalue weighted by molar-refractivity contribution is 1.09. The molecule has 0 aliphatic heterocycles. The number of rotatable bonds is 2. The van der Waals surface area contributed by atoms with Crippen molar-refractivity contribution in [3.63, 3.8) is 0 Å². The average Bonchev–Trinajstić information content (AvgIpc) is 2.03. The molecule has 12 heavy (non-hydrogen) atoms. The Morgan fingerprint density at radius 2 is 1.67 bits per heavy atom. The molecular weight excluding hydrogens is 146 g/mol. The van der Waals surface area contributed by atoms with Crippen molar-refractivity contribution in [1.82, 2.24) is 0 Å². The molecule has 0 amide bonds. The van der Waals surface area contributed by atoms with E-state index in [1.165, 1.54) is 6.42 Å². The fourth-order valence-electron chi connectivity index (χ4n) is 0.476. The standard InChI is InChI=1S/C8H13N.C3H8/c1-4-6-8(3)9-7-5-2;1-3-2/h4-7H,1-3H3;3H2,1-2H3/b6-4-,7-5-,9-8-;. The lowest BCUT2D eigenvalue weighted by Crippen LogP contribution is -1.79. The summed E-state index contributed by atoms with van der Waals surface area (Å²) in [5, 5.41) is 0. The summed E-state index contributed by atoms with van der Waals surface area (Å²) in [7, 11) is 0. The molecule has 0 heterocycles. The van der Waals surface area contributed by atoms with Crippen molar-refractivity contribution < 1.29 is 0 Å². The molecule has 0 rings (SSSR count). The predicted octanol–water partition coefficient (Wildman–Crippen LogP) is 3.97. The molecule has 0 unspecified atom stereocenters. The van der Waals surface area contributed by atoms with Crippen molar-refractivity contribution >= 4 is 5.71 Å². The summed E-state index contributed by atoms with van der Waals surface area (Å²) in [5.74, 6) is 0. The summed E-state index contributed by atoms with van der Waals surface area (Å²) in [4.78, 5) is 4.08. The van der Waals surface area contributed by atoms with Crippen molar-refractivity contribution in [2.24, 2.45) is 4.99 Å². The van der Waals surface area contributed by atoms with Crippen LogP contribution in [0.1, 0.15) is 41.0 Å². The van der Waals surface area contributed by atoms with E-state index < -0.39 is 0 Å². The summed E-state index contributed by atoms with van der Waals surface area (Å²) in [5.41, 5.74) is 1.04. The molecule has 1 nitrogen and oxygen atoms in total. The van der Waals surface area contributed by atoms with Crippen LogP contribution >= 0.6 is 0 Å². The quantitative estimate of drug-likeness (QED) is 0.552. The second-order valence-electron chi connectivity index (χ2n) is 2.46. The molecule has 0 aromatic carbocycles. The van der Waals surface area contributed by atoms with Crippen molar-refractivity contribution in [1.29, 1.82) is 0 Å². The molecule has 0 spiro atoms. The van der Waals surface area contributed by atoms with Crippen LogP contribution in [0.4, 0.5) is 0 Å². The molecule has 0 aromatic heterocycles. The number of nitrogens with zero attached hydrogens (tertiary/aromatic N) is 1. The Hall–Kier alpha value is -0.850. The third kappa shape index (κ3) is 16.1. The second-order valence-corrected chi connectivity index (χ2v) is 2.46. The molecule has 0 saturated heterocycles. The van der Waals surface area contributed by atoms with E-state index in [1.807, 2.05) is 39.0 Å². The summed E-state index contributed by atoms with van der Waals surface area (Å²) < 4.78 is 0. The highest BCUT2D eigenvalue weighted by Gasteiger charge is 1.74. The first kappa shape index (κ1) is 13.7. The van der Waals surface area contributed by atoms with E-state index in [0.29, 0.717) is 0 Å². The Morgan fingerprint density at radius 1 is 1.17 bits per heavy atom. The number of aliphatic imine (C=N–C) groups is 1. The molecular formula is C11H21N. The first-order valence-corrected chi connectivity index (χ1v) is 4.51.